The molecule has 1 aliphatic heterocycles. The second kappa shape index (κ2) is 9.13. The van der Waals surface area contributed by atoms with Gasteiger partial charge >= 0.3 is 0 Å². The third-order valence-corrected chi connectivity index (χ3v) is 3.42. The molecule has 0 saturated carbocycles. The van der Waals surface area contributed by atoms with Crippen LogP contribution in [0.2, 0.25) is 0 Å². The molecule has 0 unspecified atom stereocenters. The number of non-ortho nitro benzene ring substituents is 1. The molecule has 1 aliphatic rings. The predicted octanol–water partition coefficient (Wildman–Crippen LogP) is 2.54. The third-order valence-electron chi connectivity index (χ3n) is 3.42. The van der Waals surface area contributed by atoms with Gasteiger partial charge in [0.15, 0.2) is 0 Å². The molecule has 0 aliphatic carbocycles. The number of nitro groups is 1. The summed E-state index contributed by atoms with van der Waals surface area (Å²) in [5.74, 6) is 0. The zero-order valence-corrected chi connectivity index (χ0v) is 12.9. The summed E-state index contributed by atoms with van der Waals surface area (Å²) in [7, 11) is 0. The van der Waals surface area contributed by atoms with E-state index in [0.29, 0.717) is 0 Å². The number of hydrogen-bond donors (Lipinski definition) is 1. The van der Waals surface area contributed by atoms with Gasteiger partial charge in [-0.05, 0) is 43.5 Å². The summed E-state index contributed by atoms with van der Waals surface area (Å²) in [6, 6.07) is 5.21. The predicted molar refractivity (Wildman–Crippen MR) is 84.9 cm³/mol. The summed E-state index contributed by atoms with van der Waals surface area (Å²) in [5, 5.41) is 10.8. The van der Waals surface area contributed by atoms with Gasteiger partial charge < -0.3 is 5.73 Å². The van der Waals surface area contributed by atoms with Crippen LogP contribution in [0.5, 0.6) is 0 Å². The Morgan fingerprint density at radius 2 is 2.00 bits per heavy atom. The smallest absolute Gasteiger partial charge is 0.269 e. The molecular formula is C13H21Cl2N3O2. The molecule has 1 heterocycles. The number of unbranched alkanes of at least 4 members (excludes halogenated alkanes) is 1. The normalized spacial score (nSPS) is 13.8. The Balaban J connectivity index is 0.00000180. The van der Waals surface area contributed by atoms with Crippen molar-refractivity contribution in [3.05, 3.63) is 39.4 Å². The average molecular weight is 322 g/mol. The number of benzene rings is 1. The molecule has 0 amide bonds. The van der Waals surface area contributed by atoms with Crippen LogP contribution < -0.4 is 5.73 Å². The standard InChI is InChI=1S/C13H19N3O2.2ClH/c14-6-1-2-7-15-8-5-11-3-4-13(16(17)18)9-12(11)10-15;;/h3-4,9H,1-2,5-8,10,14H2;2*1H. The van der Waals surface area contributed by atoms with Crippen LogP contribution in [0.3, 0.4) is 0 Å². The van der Waals surface area contributed by atoms with Crippen LogP contribution >= 0.6 is 24.8 Å². The van der Waals surface area contributed by atoms with Crippen molar-refractivity contribution < 1.29 is 4.92 Å². The van der Waals surface area contributed by atoms with E-state index in [-0.39, 0.29) is 35.4 Å². The zero-order valence-electron chi connectivity index (χ0n) is 11.3. The largest absolute Gasteiger partial charge is 0.330 e. The van der Waals surface area contributed by atoms with Crippen LogP contribution in [0, 0.1) is 10.1 Å². The number of halogens is 2. The van der Waals surface area contributed by atoms with Crippen molar-refractivity contribution in [2.75, 3.05) is 19.6 Å². The number of nitrogens with two attached hydrogens (primary N) is 1. The second-order valence-corrected chi connectivity index (χ2v) is 4.73. The van der Waals surface area contributed by atoms with Crippen molar-refractivity contribution in [1.82, 2.24) is 4.90 Å². The molecule has 0 radical (unpaired) electrons. The van der Waals surface area contributed by atoms with E-state index in [0.717, 1.165) is 51.0 Å². The van der Waals surface area contributed by atoms with Crippen molar-refractivity contribution >= 4 is 30.5 Å². The summed E-state index contributed by atoms with van der Waals surface area (Å²) >= 11 is 0. The van der Waals surface area contributed by atoms with Gasteiger partial charge in [0, 0.05) is 25.2 Å². The Bertz CT molecular complexity index is 444. The molecule has 5 nitrogen and oxygen atoms in total. The first-order valence-electron chi connectivity index (χ1n) is 6.39. The summed E-state index contributed by atoms with van der Waals surface area (Å²) in [4.78, 5) is 12.8. The van der Waals surface area contributed by atoms with Gasteiger partial charge in [-0.1, -0.05) is 6.07 Å². The van der Waals surface area contributed by atoms with Crippen LogP contribution in [-0.2, 0) is 13.0 Å². The molecule has 0 bridgehead atoms. The fourth-order valence-electron chi connectivity index (χ4n) is 2.39. The fourth-order valence-corrected chi connectivity index (χ4v) is 2.39. The number of nitro benzene ring substituents is 1. The Morgan fingerprint density at radius 3 is 2.65 bits per heavy atom. The van der Waals surface area contributed by atoms with Gasteiger partial charge in [0.1, 0.15) is 0 Å². The highest BCUT2D eigenvalue weighted by Gasteiger charge is 2.18. The third kappa shape index (κ3) is 4.90. The first kappa shape index (κ1) is 19.1. The SMILES string of the molecule is Cl.Cl.NCCCCN1CCc2ccc([N+](=O)[O-])cc2C1. The fraction of sp³-hybridized carbons (Fsp3) is 0.538. The van der Waals surface area contributed by atoms with Crippen LogP contribution in [-0.4, -0.2) is 29.5 Å². The van der Waals surface area contributed by atoms with Crippen LogP contribution in [0.25, 0.3) is 0 Å². The van der Waals surface area contributed by atoms with Crippen molar-refractivity contribution in [1.29, 1.82) is 0 Å². The monoisotopic (exact) mass is 321 g/mol. The lowest BCUT2D eigenvalue weighted by Gasteiger charge is -2.28. The van der Waals surface area contributed by atoms with E-state index < -0.39 is 0 Å². The number of nitrogens with zero attached hydrogens (tertiary/aromatic N) is 2. The molecule has 114 valence electrons. The summed E-state index contributed by atoms with van der Waals surface area (Å²) in [6.07, 6.45) is 3.12. The Kier molecular flexibility index (Phi) is 8.73. The van der Waals surface area contributed by atoms with Crippen LogP contribution in [0.4, 0.5) is 5.69 Å². The number of rotatable bonds is 5. The van der Waals surface area contributed by atoms with E-state index in [9.17, 15) is 10.1 Å². The first-order chi connectivity index (χ1) is 8.70. The number of fused-ring (bicyclic) bond motifs is 1. The van der Waals surface area contributed by atoms with E-state index in [1.807, 2.05) is 6.07 Å². The van der Waals surface area contributed by atoms with E-state index in [4.69, 9.17) is 5.73 Å². The molecule has 20 heavy (non-hydrogen) atoms. The summed E-state index contributed by atoms with van der Waals surface area (Å²) in [6.45, 7) is 3.62. The minimum absolute atomic E-state index is 0. The van der Waals surface area contributed by atoms with Gasteiger partial charge in [-0.2, -0.15) is 0 Å². The lowest BCUT2D eigenvalue weighted by Crippen LogP contribution is -2.31. The molecule has 0 aromatic heterocycles. The maximum atomic E-state index is 10.8. The molecule has 2 N–H and O–H groups in total. The van der Waals surface area contributed by atoms with Gasteiger partial charge in [0.2, 0.25) is 0 Å². The van der Waals surface area contributed by atoms with Crippen molar-refractivity contribution in [3.8, 4) is 0 Å². The van der Waals surface area contributed by atoms with E-state index in [1.165, 1.54) is 5.56 Å². The highest BCUT2D eigenvalue weighted by Crippen LogP contribution is 2.23. The maximum absolute atomic E-state index is 10.8. The van der Waals surface area contributed by atoms with Crippen LogP contribution in [0.15, 0.2) is 18.2 Å². The quantitative estimate of drug-likeness (QED) is 0.514. The number of hydrogen-bond acceptors (Lipinski definition) is 4. The van der Waals surface area contributed by atoms with E-state index in [1.54, 1.807) is 12.1 Å². The molecule has 7 heteroatoms. The lowest BCUT2D eigenvalue weighted by atomic mass is 9.99. The Hall–Kier alpha value is -0.880. The molecule has 0 saturated heterocycles. The maximum Gasteiger partial charge on any atom is 0.269 e. The van der Waals surface area contributed by atoms with Crippen molar-refractivity contribution in [3.63, 3.8) is 0 Å². The van der Waals surface area contributed by atoms with Gasteiger partial charge in [-0.25, -0.2) is 0 Å². The van der Waals surface area contributed by atoms with Gasteiger partial charge in [-0.15, -0.1) is 24.8 Å². The van der Waals surface area contributed by atoms with Crippen molar-refractivity contribution in [2.45, 2.75) is 25.8 Å². The Morgan fingerprint density at radius 1 is 1.25 bits per heavy atom. The zero-order chi connectivity index (χ0) is 13.0. The average Bonchev–Trinajstić information content (AvgIpc) is 2.38. The minimum Gasteiger partial charge on any atom is -0.330 e. The molecule has 0 atom stereocenters. The summed E-state index contributed by atoms with van der Waals surface area (Å²) < 4.78 is 0. The first-order valence-corrected chi connectivity index (χ1v) is 6.39. The summed E-state index contributed by atoms with van der Waals surface area (Å²) in [5.41, 5.74) is 8.02. The molecular weight excluding hydrogens is 301 g/mol. The van der Waals surface area contributed by atoms with Gasteiger partial charge in [0.05, 0.1) is 4.92 Å². The highest BCUT2D eigenvalue weighted by atomic mass is 35.5. The second-order valence-electron chi connectivity index (χ2n) is 4.73. The highest BCUT2D eigenvalue weighted by molar-refractivity contribution is 5.85. The minimum atomic E-state index is -0.326. The van der Waals surface area contributed by atoms with E-state index in [2.05, 4.69) is 4.90 Å². The molecule has 1 aromatic rings. The van der Waals surface area contributed by atoms with Crippen molar-refractivity contribution in [2.24, 2.45) is 5.73 Å². The van der Waals surface area contributed by atoms with E-state index >= 15 is 0 Å². The Labute approximate surface area is 131 Å². The van der Waals surface area contributed by atoms with Gasteiger partial charge in [-0.3, -0.25) is 15.0 Å². The molecule has 0 fully saturated rings. The topological polar surface area (TPSA) is 72.4 Å². The molecule has 0 spiro atoms. The lowest BCUT2D eigenvalue weighted by molar-refractivity contribution is -0.385. The molecule has 1 aromatic carbocycles. The van der Waals surface area contributed by atoms with Crippen LogP contribution in [0.1, 0.15) is 24.0 Å². The molecule has 2 rings (SSSR count). The van der Waals surface area contributed by atoms with Gasteiger partial charge in [0.25, 0.3) is 5.69 Å².